The molecule has 1 aromatic rings. The van der Waals surface area contributed by atoms with E-state index in [9.17, 15) is 23.1 Å². The number of hydrogen-bond acceptors (Lipinski definition) is 3. The zero-order valence-electron chi connectivity index (χ0n) is 11.3. The summed E-state index contributed by atoms with van der Waals surface area (Å²) in [5, 5.41) is 12.0. The summed E-state index contributed by atoms with van der Waals surface area (Å²) in [5.74, 6) is -0.387. The molecular formula is C14H17F3N2O2. The van der Waals surface area contributed by atoms with Gasteiger partial charge in [0.15, 0.2) is 6.10 Å². The van der Waals surface area contributed by atoms with E-state index in [-0.39, 0.29) is 18.9 Å². The number of amides is 1. The molecule has 2 N–H and O–H groups in total. The lowest BCUT2D eigenvalue weighted by molar-refractivity contribution is -0.219. The van der Waals surface area contributed by atoms with E-state index >= 15 is 0 Å². The number of hydrogen-bond donors (Lipinski definition) is 2. The highest BCUT2D eigenvalue weighted by Gasteiger charge is 2.47. The van der Waals surface area contributed by atoms with Gasteiger partial charge in [0, 0.05) is 11.7 Å². The van der Waals surface area contributed by atoms with Gasteiger partial charge in [0.1, 0.15) is 0 Å². The van der Waals surface area contributed by atoms with E-state index < -0.39 is 18.3 Å². The van der Waals surface area contributed by atoms with Gasteiger partial charge in [-0.05, 0) is 31.5 Å². The molecule has 1 aliphatic heterocycles. The molecule has 0 saturated carbocycles. The van der Waals surface area contributed by atoms with Gasteiger partial charge in [0.2, 0.25) is 5.91 Å². The van der Waals surface area contributed by atoms with E-state index in [2.05, 4.69) is 5.32 Å². The fourth-order valence-corrected chi connectivity index (χ4v) is 2.53. The smallest absolute Gasteiger partial charge is 0.382 e. The molecule has 1 saturated heterocycles. The van der Waals surface area contributed by atoms with Crippen molar-refractivity contribution >= 4 is 11.6 Å². The van der Waals surface area contributed by atoms with Crippen LogP contribution in [0.4, 0.5) is 18.9 Å². The second-order valence-corrected chi connectivity index (χ2v) is 5.08. The minimum atomic E-state index is -4.66. The number of para-hydroxylation sites is 1. The van der Waals surface area contributed by atoms with E-state index in [4.69, 9.17) is 0 Å². The summed E-state index contributed by atoms with van der Waals surface area (Å²) in [5.41, 5.74) is 0.592. The van der Waals surface area contributed by atoms with E-state index in [0.29, 0.717) is 18.7 Å². The monoisotopic (exact) mass is 302 g/mol. The molecule has 0 aromatic heterocycles. The number of aliphatic hydroxyl groups is 1. The maximum absolute atomic E-state index is 12.6. The lowest BCUT2D eigenvalue weighted by atomic mass is 10.1. The summed E-state index contributed by atoms with van der Waals surface area (Å²) in [4.78, 5) is 13.3. The molecule has 21 heavy (non-hydrogen) atoms. The van der Waals surface area contributed by atoms with Gasteiger partial charge in [-0.3, -0.25) is 9.69 Å². The molecule has 0 unspecified atom stereocenters. The molecule has 1 aromatic carbocycles. The summed E-state index contributed by atoms with van der Waals surface area (Å²) >= 11 is 0. The molecule has 2 rings (SSSR count). The number of alkyl halides is 3. The number of nitrogens with one attached hydrogen (secondary N) is 1. The third kappa shape index (κ3) is 4.18. The quantitative estimate of drug-likeness (QED) is 0.894. The first-order chi connectivity index (χ1) is 9.88. The normalized spacial score (nSPS) is 21.2. The van der Waals surface area contributed by atoms with Gasteiger partial charge < -0.3 is 10.4 Å². The van der Waals surface area contributed by atoms with Crippen molar-refractivity contribution in [3.8, 4) is 0 Å². The number of aliphatic hydroxyl groups excluding tert-OH is 1. The topological polar surface area (TPSA) is 52.6 Å². The van der Waals surface area contributed by atoms with Crippen LogP contribution in [0.2, 0.25) is 0 Å². The van der Waals surface area contributed by atoms with Gasteiger partial charge in [-0.15, -0.1) is 0 Å². The predicted molar refractivity (Wildman–Crippen MR) is 71.7 cm³/mol. The zero-order valence-corrected chi connectivity index (χ0v) is 11.3. The van der Waals surface area contributed by atoms with Gasteiger partial charge in [-0.1, -0.05) is 18.2 Å². The van der Waals surface area contributed by atoms with Gasteiger partial charge in [0.05, 0.1) is 6.54 Å². The Hall–Kier alpha value is -1.60. The molecule has 0 aliphatic carbocycles. The lowest BCUT2D eigenvalue weighted by Crippen LogP contribution is -2.49. The Morgan fingerprint density at radius 2 is 2.05 bits per heavy atom. The summed E-state index contributed by atoms with van der Waals surface area (Å²) in [6.07, 6.45) is -6.30. The molecule has 116 valence electrons. The zero-order chi connectivity index (χ0) is 15.5. The number of rotatable bonds is 4. The average molecular weight is 302 g/mol. The maximum Gasteiger partial charge on any atom is 0.415 e. The van der Waals surface area contributed by atoms with E-state index in [1.807, 2.05) is 0 Å². The van der Waals surface area contributed by atoms with Gasteiger partial charge in [-0.2, -0.15) is 13.2 Å². The standard InChI is InChI=1S/C14H17F3N2O2/c15-14(16,17)13(21)11-7-4-8-19(11)9-12(20)18-10-5-2-1-3-6-10/h1-3,5-6,11,13,21H,4,7-9H2,(H,18,20)/t11-,13+/m0/s1. The van der Waals surface area contributed by atoms with Crippen LogP contribution in [0.3, 0.4) is 0 Å². The SMILES string of the molecule is O=C(CN1CCC[C@H]1[C@@H](O)C(F)(F)F)Nc1ccccc1. The van der Waals surface area contributed by atoms with Crippen molar-refractivity contribution in [1.29, 1.82) is 0 Å². The fourth-order valence-electron chi connectivity index (χ4n) is 2.53. The van der Waals surface area contributed by atoms with Crippen LogP contribution in [-0.4, -0.2) is 47.3 Å². The molecule has 0 radical (unpaired) electrons. The summed E-state index contributed by atoms with van der Waals surface area (Å²) in [7, 11) is 0. The minimum Gasteiger partial charge on any atom is -0.382 e. The van der Waals surface area contributed by atoms with E-state index in [0.717, 1.165) is 0 Å². The molecule has 7 heteroatoms. The Morgan fingerprint density at radius 1 is 1.38 bits per heavy atom. The highest BCUT2D eigenvalue weighted by atomic mass is 19.4. The number of carbonyl (C=O) groups excluding carboxylic acids is 1. The Labute approximate surface area is 120 Å². The van der Waals surface area contributed by atoms with Gasteiger partial charge in [-0.25, -0.2) is 0 Å². The van der Waals surface area contributed by atoms with Gasteiger partial charge in [0.25, 0.3) is 0 Å². The summed E-state index contributed by atoms with van der Waals surface area (Å²) in [6.45, 7) is 0.215. The molecule has 0 spiro atoms. The van der Waals surface area contributed by atoms with Crippen LogP contribution in [0.25, 0.3) is 0 Å². The first kappa shape index (κ1) is 15.8. The van der Waals surface area contributed by atoms with E-state index in [1.165, 1.54) is 4.90 Å². The van der Waals surface area contributed by atoms with Crippen molar-refractivity contribution in [3.63, 3.8) is 0 Å². The van der Waals surface area contributed by atoms with Crippen LogP contribution in [0.5, 0.6) is 0 Å². The average Bonchev–Trinajstić information content (AvgIpc) is 2.85. The Morgan fingerprint density at radius 3 is 2.67 bits per heavy atom. The van der Waals surface area contributed by atoms with Crippen LogP contribution in [0.1, 0.15) is 12.8 Å². The molecule has 0 bridgehead atoms. The highest BCUT2D eigenvalue weighted by Crippen LogP contribution is 2.30. The lowest BCUT2D eigenvalue weighted by Gasteiger charge is -2.29. The van der Waals surface area contributed by atoms with Crippen molar-refractivity contribution in [2.24, 2.45) is 0 Å². The van der Waals surface area contributed by atoms with Gasteiger partial charge >= 0.3 is 6.18 Å². The first-order valence-electron chi connectivity index (χ1n) is 6.71. The molecule has 1 heterocycles. The van der Waals surface area contributed by atoms with Crippen molar-refractivity contribution < 1.29 is 23.1 Å². The van der Waals surface area contributed by atoms with Crippen LogP contribution in [0, 0.1) is 0 Å². The Bertz CT molecular complexity index is 479. The van der Waals surface area contributed by atoms with Crippen LogP contribution >= 0.6 is 0 Å². The molecule has 4 nitrogen and oxygen atoms in total. The van der Waals surface area contributed by atoms with Crippen LogP contribution < -0.4 is 5.32 Å². The van der Waals surface area contributed by atoms with E-state index in [1.54, 1.807) is 30.3 Å². The third-order valence-electron chi connectivity index (χ3n) is 3.52. The number of likely N-dealkylation sites (tertiary alicyclic amines) is 1. The molecule has 1 amide bonds. The van der Waals surface area contributed by atoms with Crippen molar-refractivity contribution in [2.45, 2.75) is 31.2 Å². The molecular weight excluding hydrogens is 285 g/mol. The van der Waals surface area contributed by atoms with Crippen LogP contribution in [0.15, 0.2) is 30.3 Å². The van der Waals surface area contributed by atoms with Crippen molar-refractivity contribution in [3.05, 3.63) is 30.3 Å². The number of halogens is 3. The van der Waals surface area contributed by atoms with Crippen molar-refractivity contribution in [2.75, 3.05) is 18.4 Å². The number of benzene rings is 1. The summed E-state index contributed by atoms with van der Waals surface area (Å²) in [6, 6.07) is 7.65. The first-order valence-corrected chi connectivity index (χ1v) is 6.71. The second-order valence-electron chi connectivity index (χ2n) is 5.08. The number of anilines is 1. The minimum absolute atomic E-state index is 0.160. The van der Waals surface area contributed by atoms with Crippen molar-refractivity contribution in [1.82, 2.24) is 4.90 Å². The maximum atomic E-state index is 12.6. The third-order valence-corrected chi connectivity index (χ3v) is 3.52. The largest absolute Gasteiger partial charge is 0.415 e. The predicted octanol–water partition coefficient (Wildman–Crippen LogP) is 2.01. The number of carbonyl (C=O) groups is 1. The summed E-state index contributed by atoms with van der Waals surface area (Å²) < 4.78 is 37.7. The highest BCUT2D eigenvalue weighted by molar-refractivity contribution is 5.92. The molecule has 1 fully saturated rings. The Kier molecular flexibility index (Phi) is 4.84. The fraction of sp³-hybridized carbons (Fsp3) is 0.500. The second kappa shape index (κ2) is 6.44. The Balaban J connectivity index is 1.93. The number of nitrogens with zero attached hydrogens (tertiary/aromatic N) is 1. The molecule has 2 atom stereocenters. The van der Waals surface area contributed by atoms with Crippen LogP contribution in [-0.2, 0) is 4.79 Å². The molecule has 1 aliphatic rings.